The average molecular weight is 322 g/mol. The van der Waals surface area contributed by atoms with Gasteiger partial charge in [0.25, 0.3) is 0 Å². The molecule has 3 rings (SSSR count). The van der Waals surface area contributed by atoms with E-state index in [0.29, 0.717) is 4.88 Å². The lowest BCUT2D eigenvalue weighted by atomic mass is 10.1. The molecule has 2 heterocycles. The fourth-order valence-electron chi connectivity index (χ4n) is 2.65. The summed E-state index contributed by atoms with van der Waals surface area (Å²) >= 11 is 7.33. The molecule has 0 saturated heterocycles. The molecule has 5 heteroatoms. The third kappa shape index (κ3) is 3.46. The Balaban J connectivity index is 1.66. The van der Waals surface area contributed by atoms with Gasteiger partial charge in [0, 0.05) is 29.5 Å². The summed E-state index contributed by atoms with van der Waals surface area (Å²) < 4.78 is 0. The Morgan fingerprint density at radius 3 is 2.67 bits per heavy atom. The van der Waals surface area contributed by atoms with Crippen LogP contribution < -0.4 is 0 Å². The predicted molar refractivity (Wildman–Crippen MR) is 85.4 cm³/mol. The SMILES string of the molecule is O=C(O)c1cc2c(s1)CCN(Cc1ccc(Cl)cc1)CC2. The number of aromatic carboxylic acids is 1. The largest absolute Gasteiger partial charge is 0.477 e. The first-order valence-electron chi connectivity index (χ1n) is 6.93. The van der Waals surface area contributed by atoms with Crippen LogP contribution in [0.15, 0.2) is 30.3 Å². The van der Waals surface area contributed by atoms with Gasteiger partial charge in [0.15, 0.2) is 0 Å². The summed E-state index contributed by atoms with van der Waals surface area (Å²) in [6.07, 6.45) is 1.85. The fraction of sp³-hybridized carbons (Fsp3) is 0.312. The van der Waals surface area contributed by atoms with E-state index in [1.54, 1.807) is 0 Å². The molecule has 1 N–H and O–H groups in total. The third-order valence-corrected chi connectivity index (χ3v) is 5.26. The summed E-state index contributed by atoms with van der Waals surface area (Å²) in [6, 6.07) is 9.81. The van der Waals surface area contributed by atoms with E-state index in [1.807, 2.05) is 18.2 Å². The Morgan fingerprint density at radius 2 is 1.95 bits per heavy atom. The molecule has 0 saturated carbocycles. The molecule has 1 aromatic heterocycles. The molecule has 0 bridgehead atoms. The number of carboxylic acid groups (broad SMARTS) is 1. The molecular weight excluding hydrogens is 306 g/mol. The van der Waals surface area contributed by atoms with Gasteiger partial charge in [-0.3, -0.25) is 4.90 Å². The van der Waals surface area contributed by atoms with Crippen LogP contribution in [0.5, 0.6) is 0 Å². The number of nitrogens with zero attached hydrogens (tertiary/aromatic N) is 1. The van der Waals surface area contributed by atoms with Gasteiger partial charge in [-0.05, 0) is 42.2 Å². The van der Waals surface area contributed by atoms with Gasteiger partial charge < -0.3 is 5.11 Å². The van der Waals surface area contributed by atoms with E-state index in [9.17, 15) is 4.79 Å². The van der Waals surface area contributed by atoms with E-state index in [-0.39, 0.29) is 0 Å². The Kier molecular flexibility index (Phi) is 4.29. The first-order chi connectivity index (χ1) is 10.1. The number of fused-ring (bicyclic) bond motifs is 1. The first-order valence-corrected chi connectivity index (χ1v) is 8.13. The van der Waals surface area contributed by atoms with Crippen LogP contribution in [0.25, 0.3) is 0 Å². The van der Waals surface area contributed by atoms with Gasteiger partial charge in [0.1, 0.15) is 4.88 Å². The van der Waals surface area contributed by atoms with Gasteiger partial charge in [-0.1, -0.05) is 23.7 Å². The molecule has 21 heavy (non-hydrogen) atoms. The molecule has 0 unspecified atom stereocenters. The van der Waals surface area contributed by atoms with Gasteiger partial charge in [-0.2, -0.15) is 0 Å². The van der Waals surface area contributed by atoms with Gasteiger partial charge in [0.2, 0.25) is 0 Å². The van der Waals surface area contributed by atoms with E-state index in [0.717, 1.165) is 37.5 Å². The Morgan fingerprint density at radius 1 is 1.24 bits per heavy atom. The van der Waals surface area contributed by atoms with Gasteiger partial charge in [0.05, 0.1) is 0 Å². The van der Waals surface area contributed by atoms with Crippen molar-refractivity contribution in [3.8, 4) is 0 Å². The molecule has 1 aromatic carbocycles. The maximum atomic E-state index is 11.0. The van der Waals surface area contributed by atoms with E-state index >= 15 is 0 Å². The van der Waals surface area contributed by atoms with Crippen molar-refractivity contribution < 1.29 is 9.90 Å². The molecule has 1 aliphatic rings. The smallest absolute Gasteiger partial charge is 0.345 e. The molecule has 3 nitrogen and oxygen atoms in total. The molecule has 2 aromatic rings. The topological polar surface area (TPSA) is 40.5 Å². The molecule has 0 radical (unpaired) electrons. The molecule has 0 atom stereocenters. The summed E-state index contributed by atoms with van der Waals surface area (Å²) in [5.74, 6) is -0.814. The van der Waals surface area contributed by atoms with Crippen molar-refractivity contribution in [1.82, 2.24) is 4.90 Å². The maximum Gasteiger partial charge on any atom is 0.345 e. The van der Waals surface area contributed by atoms with Crippen LogP contribution in [0.3, 0.4) is 0 Å². The maximum absolute atomic E-state index is 11.0. The molecule has 0 fully saturated rings. The molecule has 110 valence electrons. The summed E-state index contributed by atoms with van der Waals surface area (Å²) in [7, 11) is 0. The molecule has 0 aliphatic carbocycles. The minimum Gasteiger partial charge on any atom is -0.477 e. The Hall–Kier alpha value is -1.36. The molecule has 0 spiro atoms. The zero-order chi connectivity index (χ0) is 14.8. The third-order valence-electron chi connectivity index (χ3n) is 3.78. The van der Waals surface area contributed by atoms with Crippen LogP contribution in [0, 0.1) is 0 Å². The lowest BCUT2D eigenvalue weighted by Gasteiger charge is -2.19. The summed E-state index contributed by atoms with van der Waals surface area (Å²) in [5.41, 5.74) is 2.46. The highest BCUT2D eigenvalue weighted by molar-refractivity contribution is 7.14. The minimum atomic E-state index is -0.814. The predicted octanol–water partition coefficient (Wildman–Crippen LogP) is 3.70. The number of hydrogen-bond donors (Lipinski definition) is 1. The average Bonchev–Trinajstić information content (AvgIpc) is 2.79. The number of benzene rings is 1. The van der Waals surface area contributed by atoms with Gasteiger partial charge in [-0.25, -0.2) is 4.79 Å². The van der Waals surface area contributed by atoms with E-state index in [1.165, 1.54) is 27.3 Å². The highest BCUT2D eigenvalue weighted by atomic mass is 35.5. The van der Waals surface area contributed by atoms with Crippen molar-refractivity contribution in [2.45, 2.75) is 19.4 Å². The Labute approximate surface area is 132 Å². The number of carbonyl (C=O) groups is 1. The summed E-state index contributed by atoms with van der Waals surface area (Å²) in [4.78, 5) is 15.1. The lowest BCUT2D eigenvalue weighted by molar-refractivity contribution is 0.0702. The molecule has 0 amide bonds. The standard InChI is InChI=1S/C16H16ClNO2S/c17-13-3-1-11(2-4-13)10-18-7-5-12-9-15(16(19)20)21-14(12)6-8-18/h1-4,9H,5-8,10H2,(H,19,20). The number of rotatable bonds is 3. The molecule has 1 aliphatic heterocycles. The van der Waals surface area contributed by atoms with Crippen molar-refractivity contribution in [3.63, 3.8) is 0 Å². The zero-order valence-electron chi connectivity index (χ0n) is 11.5. The van der Waals surface area contributed by atoms with Crippen LogP contribution in [0.1, 0.15) is 25.7 Å². The first kappa shape index (κ1) is 14.6. The lowest BCUT2D eigenvalue weighted by Crippen LogP contribution is -2.25. The second-order valence-electron chi connectivity index (χ2n) is 5.27. The monoisotopic (exact) mass is 321 g/mol. The van der Waals surface area contributed by atoms with Crippen molar-refractivity contribution in [1.29, 1.82) is 0 Å². The highest BCUT2D eigenvalue weighted by Gasteiger charge is 2.19. The van der Waals surface area contributed by atoms with Crippen LogP contribution in [-0.2, 0) is 19.4 Å². The zero-order valence-corrected chi connectivity index (χ0v) is 13.1. The quantitative estimate of drug-likeness (QED) is 0.937. The van der Waals surface area contributed by atoms with E-state index in [2.05, 4.69) is 17.0 Å². The van der Waals surface area contributed by atoms with Crippen molar-refractivity contribution in [3.05, 3.63) is 56.2 Å². The number of halogens is 1. The van der Waals surface area contributed by atoms with Gasteiger partial charge >= 0.3 is 5.97 Å². The van der Waals surface area contributed by atoms with Crippen LogP contribution >= 0.6 is 22.9 Å². The second-order valence-corrected chi connectivity index (χ2v) is 6.84. The van der Waals surface area contributed by atoms with E-state index in [4.69, 9.17) is 16.7 Å². The van der Waals surface area contributed by atoms with Crippen LogP contribution in [-0.4, -0.2) is 29.1 Å². The number of hydrogen-bond acceptors (Lipinski definition) is 3. The fourth-order valence-corrected chi connectivity index (χ4v) is 3.82. The van der Waals surface area contributed by atoms with Crippen molar-refractivity contribution in [2.24, 2.45) is 0 Å². The van der Waals surface area contributed by atoms with Crippen LogP contribution in [0.2, 0.25) is 5.02 Å². The summed E-state index contributed by atoms with van der Waals surface area (Å²) in [6.45, 7) is 2.85. The second kappa shape index (κ2) is 6.18. The normalized spacial score (nSPS) is 15.5. The van der Waals surface area contributed by atoms with Crippen molar-refractivity contribution >= 4 is 28.9 Å². The minimum absolute atomic E-state index is 0.464. The molecular formula is C16H16ClNO2S. The highest BCUT2D eigenvalue weighted by Crippen LogP contribution is 2.26. The number of carboxylic acids is 1. The Bertz CT molecular complexity index is 625. The number of thiophene rings is 1. The summed E-state index contributed by atoms with van der Waals surface area (Å²) in [5, 5.41) is 9.82. The van der Waals surface area contributed by atoms with E-state index < -0.39 is 5.97 Å². The van der Waals surface area contributed by atoms with Crippen LogP contribution in [0.4, 0.5) is 0 Å². The van der Waals surface area contributed by atoms with Gasteiger partial charge in [-0.15, -0.1) is 11.3 Å². The van der Waals surface area contributed by atoms with Crippen molar-refractivity contribution in [2.75, 3.05) is 13.1 Å².